The summed E-state index contributed by atoms with van der Waals surface area (Å²) in [5.74, 6) is -0.150. The number of likely N-dealkylation sites (N-methyl/N-ethyl adjacent to an activating group) is 1. The molecule has 7 nitrogen and oxygen atoms in total. The highest BCUT2D eigenvalue weighted by molar-refractivity contribution is 7.88. The van der Waals surface area contributed by atoms with Crippen LogP contribution in [0.2, 0.25) is 0 Å². The molecule has 0 bridgehead atoms. The van der Waals surface area contributed by atoms with Gasteiger partial charge in [0.25, 0.3) is 0 Å². The van der Waals surface area contributed by atoms with E-state index in [2.05, 4.69) is 4.98 Å². The zero-order chi connectivity index (χ0) is 14.8. The molecule has 0 unspecified atom stereocenters. The van der Waals surface area contributed by atoms with Crippen LogP contribution in [0.4, 0.5) is 0 Å². The smallest absolute Gasteiger partial charge is 0.237 e. The largest absolute Gasteiger partial charge is 0.339 e. The Balaban J connectivity index is 1.97. The van der Waals surface area contributed by atoms with E-state index in [1.54, 1.807) is 17.4 Å². The average Bonchev–Trinajstić information content (AvgIpc) is 2.91. The van der Waals surface area contributed by atoms with Gasteiger partial charge in [0.15, 0.2) is 0 Å². The van der Waals surface area contributed by atoms with Crippen molar-refractivity contribution in [2.45, 2.75) is 18.9 Å². The first-order valence-electron chi connectivity index (χ1n) is 6.54. The quantitative estimate of drug-likeness (QED) is 0.780. The Morgan fingerprint density at radius 3 is 2.85 bits per heavy atom. The number of rotatable bonds is 4. The molecule has 1 amide bonds. The van der Waals surface area contributed by atoms with Gasteiger partial charge in [-0.2, -0.15) is 4.31 Å². The Hall–Kier alpha value is -1.41. The summed E-state index contributed by atoms with van der Waals surface area (Å²) in [5.41, 5.74) is 0. The van der Waals surface area contributed by atoms with Crippen LogP contribution in [0.5, 0.6) is 0 Å². The van der Waals surface area contributed by atoms with Gasteiger partial charge in [0.2, 0.25) is 15.9 Å². The molecule has 20 heavy (non-hydrogen) atoms. The molecular weight excluding hydrogens is 280 g/mol. The molecule has 1 saturated heterocycles. The SMILES string of the molecule is CN(CC(=O)N1CCC[C@@H](n2ccnc2)C1)S(C)(=O)=O. The molecule has 1 aromatic heterocycles. The maximum Gasteiger partial charge on any atom is 0.237 e. The van der Waals surface area contributed by atoms with E-state index in [9.17, 15) is 13.2 Å². The molecule has 1 fully saturated rings. The number of nitrogens with zero attached hydrogens (tertiary/aromatic N) is 4. The lowest BCUT2D eigenvalue weighted by Crippen LogP contribution is -2.45. The number of hydrogen-bond acceptors (Lipinski definition) is 4. The van der Waals surface area contributed by atoms with Gasteiger partial charge in [0.1, 0.15) is 0 Å². The fourth-order valence-corrected chi connectivity index (χ4v) is 2.66. The maximum absolute atomic E-state index is 12.2. The van der Waals surface area contributed by atoms with Crippen molar-refractivity contribution >= 4 is 15.9 Å². The Labute approximate surface area is 119 Å². The summed E-state index contributed by atoms with van der Waals surface area (Å²) in [6, 6.07) is 0.221. The van der Waals surface area contributed by atoms with Gasteiger partial charge in [-0.25, -0.2) is 13.4 Å². The number of amides is 1. The highest BCUT2D eigenvalue weighted by atomic mass is 32.2. The summed E-state index contributed by atoms with van der Waals surface area (Å²) < 4.78 is 25.8. The maximum atomic E-state index is 12.2. The lowest BCUT2D eigenvalue weighted by atomic mass is 10.1. The number of aromatic nitrogens is 2. The first kappa shape index (κ1) is 15.0. The number of sulfonamides is 1. The molecule has 0 N–H and O–H groups in total. The third kappa shape index (κ3) is 3.57. The standard InChI is InChI=1S/C12H20N4O3S/c1-14(20(2,18)19)9-12(17)15-6-3-4-11(8-15)16-7-5-13-10-16/h5,7,10-11H,3-4,6,8-9H2,1-2H3/t11-/m1/s1. The first-order valence-corrected chi connectivity index (χ1v) is 8.39. The van der Waals surface area contributed by atoms with Crippen molar-refractivity contribution in [3.8, 4) is 0 Å². The third-order valence-electron chi connectivity index (χ3n) is 3.62. The fourth-order valence-electron chi connectivity index (χ4n) is 2.32. The molecule has 112 valence electrons. The summed E-state index contributed by atoms with van der Waals surface area (Å²) in [4.78, 5) is 17.9. The molecular formula is C12H20N4O3S. The van der Waals surface area contributed by atoms with E-state index >= 15 is 0 Å². The van der Waals surface area contributed by atoms with Crippen molar-refractivity contribution < 1.29 is 13.2 Å². The molecule has 1 atom stereocenters. The van der Waals surface area contributed by atoms with Gasteiger partial charge in [-0.05, 0) is 12.8 Å². The molecule has 1 aliphatic rings. The van der Waals surface area contributed by atoms with Gasteiger partial charge >= 0.3 is 0 Å². The van der Waals surface area contributed by atoms with E-state index in [1.165, 1.54) is 7.05 Å². The van der Waals surface area contributed by atoms with Gasteiger partial charge in [0.05, 0.1) is 25.2 Å². The number of carbonyl (C=O) groups excluding carboxylic acids is 1. The van der Waals surface area contributed by atoms with Gasteiger partial charge in [0, 0.05) is 32.5 Å². The van der Waals surface area contributed by atoms with E-state index in [4.69, 9.17) is 0 Å². The second-order valence-electron chi connectivity index (χ2n) is 5.16. The molecule has 2 rings (SSSR count). The van der Waals surface area contributed by atoms with Crippen LogP contribution in [-0.2, 0) is 14.8 Å². The fraction of sp³-hybridized carbons (Fsp3) is 0.667. The van der Waals surface area contributed by atoms with Crippen molar-refractivity contribution in [1.29, 1.82) is 0 Å². The Bertz CT molecular complexity index is 555. The highest BCUT2D eigenvalue weighted by Gasteiger charge is 2.26. The van der Waals surface area contributed by atoms with Crippen molar-refractivity contribution in [3.05, 3.63) is 18.7 Å². The summed E-state index contributed by atoms with van der Waals surface area (Å²) >= 11 is 0. The van der Waals surface area contributed by atoms with Crippen LogP contribution in [0.3, 0.4) is 0 Å². The Kier molecular flexibility index (Phi) is 4.44. The van der Waals surface area contributed by atoms with Crippen LogP contribution < -0.4 is 0 Å². The first-order chi connectivity index (χ1) is 9.38. The number of piperidine rings is 1. The van der Waals surface area contributed by atoms with Crippen molar-refractivity contribution in [1.82, 2.24) is 18.8 Å². The zero-order valence-electron chi connectivity index (χ0n) is 11.8. The lowest BCUT2D eigenvalue weighted by molar-refractivity contribution is -0.132. The highest BCUT2D eigenvalue weighted by Crippen LogP contribution is 2.21. The molecule has 0 aromatic carbocycles. The van der Waals surface area contributed by atoms with E-state index in [-0.39, 0.29) is 18.5 Å². The van der Waals surface area contributed by atoms with Gasteiger partial charge in [-0.3, -0.25) is 4.79 Å². The molecule has 2 heterocycles. The summed E-state index contributed by atoms with van der Waals surface area (Å²) in [7, 11) is -1.90. The van der Waals surface area contributed by atoms with Crippen molar-refractivity contribution in [2.24, 2.45) is 0 Å². The van der Waals surface area contributed by atoms with E-state index < -0.39 is 10.0 Å². The predicted octanol–water partition coefficient (Wildman–Crippen LogP) is -0.0620. The second-order valence-corrected chi connectivity index (χ2v) is 7.25. The van der Waals surface area contributed by atoms with Gasteiger partial charge < -0.3 is 9.47 Å². The van der Waals surface area contributed by atoms with Crippen LogP contribution in [-0.4, -0.2) is 66.0 Å². The monoisotopic (exact) mass is 300 g/mol. The van der Waals surface area contributed by atoms with Crippen molar-refractivity contribution in [3.63, 3.8) is 0 Å². The average molecular weight is 300 g/mol. The number of hydrogen-bond donors (Lipinski definition) is 0. The van der Waals surface area contributed by atoms with E-state index in [1.807, 2.05) is 10.8 Å². The van der Waals surface area contributed by atoms with Crippen LogP contribution in [0.25, 0.3) is 0 Å². The minimum Gasteiger partial charge on any atom is -0.339 e. The van der Waals surface area contributed by atoms with Gasteiger partial charge in [-0.1, -0.05) is 0 Å². The zero-order valence-corrected chi connectivity index (χ0v) is 12.6. The second kappa shape index (κ2) is 5.92. The topological polar surface area (TPSA) is 75.5 Å². The molecule has 1 aliphatic heterocycles. The van der Waals surface area contributed by atoms with Crippen LogP contribution >= 0.6 is 0 Å². The Morgan fingerprint density at radius 1 is 1.50 bits per heavy atom. The summed E-state index contributed by atoms with van der Waals surface area (Å²) in [5, 5.41) is 0. The van der Waals surface area contributed by atoms with Crippen LogP contribution in [0.1, 0.15) is 18.9 Å². The minimum absolute atomic E-state index is 0.102. The number of carbonyl (C=O) groups is 1. The molecule has 0 saturated carbocycles. The number of imidazole rings is 1. The molecule has 0 aliphatic carbocycles. The summed E-state index contributed by atoms with van der Waals surface area (Å²) in [6.45, 7) is 1.18. The normalized spacial score (nSPS) is 20.4. The lowest BCUT2D eigenvalue weighted by Gasteiger charge is -2.34. The third-order valence-corrected chi connectivity index (χ3v) is 4.88. The van der Waals surface area contributed by atoms with Gasteiger partial charge in [-0.15, -0.1) is 0 Å². The minimum atomic E-state index is -3.32. The molecule has 8 heteroatoms. The Morgan fingerprint density at radius 2 is 2.25 bits per heavy atom. The molecule has 1 aromatic rings. The predicted molar refractivity (Wildman–Crippen MR) is 74.6 cm³/mol. The number of likely N-dealkylation sites (tertiary alicyclic amines) is 1. The van der Waals surface area contributed by atoms with Crippen LogP contribution in [0.15, 0.2) is 18.7 Å². The summed E-state index contributed by atoms with van der Waals surface area (Å²) in [6.07, 6.45) is 8.38. The molecule has 0 radical (unpaired) electrons. The van der Waals surface area contributed by atoms with Crippen molar-refractivity contribution in [2.75, 3.05) is 32.9 Å². The van der Waals surface area contributed by atoms with Crippen LogP contribution in [0, 0.1) is 0 Å². The van der Waals surface area contributed by atoms with E-state index in [0.29, 0.717) is 13.1 Å². The van der Waals surface area contributed by atoms with E-state index in [0.717, 1.165) is 23.4 Å². The molecule has 0 spiro atoms.